The quantitative estimate of drug-likeness (QED) is 0.107. The second kappa shape index (κ2) is 38.1. The molecule has 2 bridgehead atoms. The molecule has 33 heteroatoms. The van der Waals surface area contributed by atoms with Crippen molar-refractivity contribution in [2.45, 2.75) is 292 Å². The lowest BCUT2D eigenvalue weighted by molar-refractivity contribution is -0.219. The summed E-state index contributed by atoms with van der Waals surface area (Å²) >= 11 is 0. The van der Waals surface area contributed by atoms with E-state index >= 15 is 42.3 Å². The molecule has 3 heterocycles. The van der Waals surface area contributed by atoms with Crippen LogP contribution in [-0.4, -0.2) is 301 Å². The lowest BCUT2D eigenvalue weighted by Gasteiger charge is -2.54. The molecular weight excluding hydrogens is 1470 g/mol. The van der Waals surface area contributed by atoms with E-state index in [2.05, 4.69) is 16.0 Å². The largest absolute Gasteiger partial charge is 0.397 e. The molecule has 3 aliphatic heterocycles. The minimum Gasteiger partial charge on any atom is -0.382 e. The number of likely N-dealkylation sites (N-methyl/N-ethyl adjacent to an activating group) is 6. The molecule has 0 aromatic carbocycles. The number of methoxy groups -OCH3 is 1. The highest BCUT2D eigenvalue weighted by atomic mass is 19.4. The van der Waals surface area contributed by atoms with E-state index in [0.717, 1.165) is 27.5 Å². The predicted molar refractivity (Wildman–Crippen MR) is 399 cm³/mol. The van der Waals surface area contributed by atoms with Crippen LogP contribution in [-0.2, 0) is 67.0 Å². The Hall–Kier alpha value is -7.19. The summed E-state index contributed by atoms with van der Waals surface area (Å²) in [5.74, 6) is -18.3. The number of amides is 12. The molecule has 2 unspecified atom stereocenters. The molecule has 1 spiro atoms. The zero-order valence-corrected chi connectivity index (χ0v) is 67.9. The van der Waals surface area contributed by atoms with E-state index in [4.69, 9.17) is 9.47 Å². The fraction of sp³-hybridized carbons (Fsp3) is 0.823. The van der Waals surface area contributed by atoms with Crippen LogP contribution in [0.3, 0.4) is 0 Å². The van der Waals surface area contributed by atoms with E-state index in [1.165, 1.54) is 85.8 Å². The molecule has 12 amide bonds. The molecule has 5 aliphatic carbocycles. The topological polar surface area (TPSA) is 289 Å². The lowest BCUT2D eigenvalue weighted by Crippen LogP contribution is -2.71. The van der Waals surface area contributed by atoms with Gasteiger partial charge in [0.15, 0.2) is 0 Å². The van der Waals surface area contributed by atoms with Crippen LogP contribution in [0.2, 0.25) is 0 Å². The van der Waals surface area contributed by atoms with Crippen LogP contribution in [0.5, 0.6) is 0 Å². The Morgan fingerprint density at radius 2 is 1.29 bits per heavy atom. The second-order valence-electron chi connectivity index (χ2n) is 34.3. The summed E-state index contributed by atoms with van der Waals surface area (Å²) in [5, 5.41) is 8.56. The number of nitrogens with zero attached hydrogens (tertiary/aromatic N) is 9. The number of ether oxygens (including phenoxy) is 2. The van der Waals surface area contributed by atoms with E-state index in [1.807, 2.05) is 27.7 Å². The molecule has 8 aliphatic rings. The van der Waals surface area contributed by atoms with Gasteiger partial charge in [0.25, 0.3) is 0 Å². The first-order valence-corrected chi connectivity index (χ1v) is 40.4. The molecule has 26 nitrogen and oxygen atoms in total. The van der Waals surface area contributed by atoms with Gasteiger partial charge in [0.2, 0.25) is 76.8 Å². The van der Waals surface area contributed by atoms with E-state index < -0.39 is 255 Å². The van der Waals surface area contributed by atoms with Gasteiger partial charge in [-0.15, -0.1) is 0 Å². The Balaban J connectivity index is 1.24. The van der Waals surface area contributed by atoms with Gasteiger partial charge in [-0.1, -0.05) is 85.8 Å². The van der Waals surface area contributed by atoms with Crippen LogP contribution < -0.4 is 16.0 Å². The SMILES string of the molecule is CCC(CC)[C@H]1C(=O)N(C)[C@H](C(=O)N(C)C)CC(=O)N(C)[C@@H](COC)C(=O)N[C@@H]([C@@H](C)CC)C(=O)N(C2CC2)CC(=O)N(C)[C@H]2C/C=C\CCN(C2=O)[C@@H](CC2CCC(F)(F)CC2)C(=O)N(C)CC(=O)N[C@@H](CCC2CC(F)C(C(F)(F)F)C(F)C2)C(=O)N2C[C@H](OC3CCCC3)C[C@H]2C(=O)NC2(CC(C)(C)C2)C(=O)N1C. The maximum atomic E-state index is 15.9. The van der Waals surface area contributed by atoms with Gasteiger partial charge in [-0.25, -0.2) is 17.6 Å². The Bertz CT molecular complexity index is 3380. The first kappa shape index (κ1) is 90.3. The Kier molecular flexibility index (Phi) is 30.7. The van der Waals surface area contributed by atoms with Crippen LogP contribution >= 0.6 is 0 Å². The van der Waals surface area contributed by atoms with Gasteiger partial charge >= 0.3 is 6.18 Å². The molecule has 3 N–H and O–H groups in total. The Morgan fingerprint density at radius 3 is 1.85 bits per heavy atom. The minimum atomic E-state index is -5.21. The average Bonchev–Trinajstić information content (AvgIpc) is 0.914. The number of halogens is 7. The van der Waals surface area contributed by atoms with E-state index in [-0.39, 0.29) is 77.0 Å². The highest BCUT2D eigenvalue weighted by Gasteiger charge is 2.60. The number of hydrogen-bond donors (Lipinski definition) is 3. The Morgan fingerprint density at radius 1 is 0.661 bits per heavy atom. The normalized spacial score (nSPS) is 31.6. The number of rotatable bonds is 16. The molecule has 7 fully saturated rings. The summed E-state index contributed by atoms with van der Waals surface area (Å²) in [4.78, 5) is 194. The van der Waals surface area contributed by atoms with Crippen molar-refractivity contribution >= 4 is 70.9 Å². The maximum Gasteiger partial charge on any atom is 0.397 e. The van der Waals surface area contributed by atoms with Crippen LogP contribution in [0.15, 0.2) is 12.2 Å². The van der Waals surface area contributed by atoms with E-state index in [9.17, 15) is 45.9 Å². The molecule has 0 aromatic rings. The van der Waals surface area contributed by atoms with Crippen molar-refractivity contribution in [1.82, 2.24) is 60.0 Å². The molecule has 0 radical (unpaired) electrons. The smallest absolute Gasteiger partial charge is 0.382 e. The highest BCUT2D eigenvalue weighted by Crippen LogP contribution is 2.50. The zero-order valence-electron chi connectivity index (χ0n) is 67.9. The van der Waals surface area contributed by atoms with Gasteiger partial charge in [0, 0.05) is 94.8 Å². The first-order chi connectivity index (χ1) is 52.5. The Labute approximate surface area is 654 Å². The molecule has 2 saturated heterocycles. The number of fused-ring (bicyclic) bond motifs is 3. The van der Waals surface area contributed by atoms with Crippen LogP contribution in [0.1, 0.15) is 196 Å². The molecule has 112 heavy (non-hydrogen) atoms. The highest BCUT2D eigenvalue weighted by molar-refractivity contribution is 6.01. The summed E-state index contributed by atoms with van der Waals surface area (Å²) < 4.78 is 115. The molecule has 8 rings (SSSR count). The van der Waals surface area contributed by atoms with Gasteiger partial charge in [0.1, 0.15) is 78.7 Å². The van der Waals surface area contributed by atoms with Crippen molar-refractivity contribution in [1.29, 1.82) is 0 Å². The number of nitrogens with one attached hydrogen (secondary N) is 3. The van der Waals surface area contributed by atoms with Crippen molar-refractivity contribution in [2.75, 3.05) is 89.2 Å². The van der Waals surface area contributed by atoms with Gasteiger partial charge in [-0.05, 0) is 125 Å². The van der Waals surface area contributed by atoms with Crippen LogP contribution in [0.4, 0.5) is 30.7 Å². The summed E-state index contributed by atoms with van der Waals surface area (Å²) in [5.41, 5.74) is -2.39. The van der Waals surface area contributed by atoms with Gasteiger partial charge in [0.05, 0.1) is 31.8 Å². The van der Waals surface area contributed by atoms with Gasteiger partial charge in [-0.3, -0.25) is 57.5 Å². The van der Waals surface area contributed by atoms with E-state index in [1.54, 1.807) is 26.0 Å². The van der Waals surface area contributed by atoms with Gasteiger partial charge < -0.3 is 69.5 Å². The second-order valence-corrected chi connectivity index (χ2v) is 34.3. The number of alkyl halides is 7. The monoisotopic (exact) mass is 1600 g/mol. The molecule has 12 atom stereocenters. The van der Waals surface area contributed by atoms with Crippen molar-refractivity contribution < 1.29 is 97.7 Å². The third kappa shape index (κ3) is 21.7. The average molecular weight is 1600 g/mol. The van der Waals surface area contributed by atoms with Gasteiger partial charge in [-0.2, -0.15) is 13.2 Å². The number of carbonyl (C=O) groups excluding carboxylic acids is 12. The third-order valence-electron chi connectivity index (χ3n) is 25.2. The standard InChI is InChI=1S/C79H123F7N12O14/c1-15-46(4)65-73(108)97(50-27-28-50)42-63(101)92(10)56-25-19-18-22-34-96(72(56)107)59(37-47-30-32-78(82,83)33-31-47)71(106)91(9)41-61(99)87-55(29-26-48-35-53(80)64(54(81)36-48)79(84,85)86)69(104)98-40-52(112-51-23-20-21-24-51)38-57(98)68(103)89-77(44-76(5,6)45-77)75(110)95(13)66(49(16-2)17-3)74(109)94(12)58(70(105)90(7)8)39-62(100)93(11)60(43-111-14)67(102)88-65/h18-19,46-60,64-66H,15-17,20-45H2,1-14H3,(H,87,99)(H,88,102)(H,89,103)/b19-18-/t46-,48?,52+,53?,54?,55-,56-,57-,58-,59-,60-,64?,65-,66-/m0/s1. The predicted octanol–water partition coefficient (Wildman–Crippen LogP) is 6.75. The van der Waals surface area contributed by atoms with Crippen molar-refractivity contribution in [3.8, 4) is 0 Å². The summed E-state index contributed by atoms with van der Waals surface area (Å²) in [7, 11) is 10.8. The molecule has 632 valence electrons. The fourth-order valence-corrected chi connectivity index (χ4v) is 18.3. The first-order valence-electron chi connectivity index (χ1n) is 40.4. The molecule has 5 saturated carbocycles. The lowest BCUT2D eigenvalue weighted by atomic mass is 9.58. The van der Waals surface area contributed by atoms with Crippen molar-refractivity contribution in [3.05, 3.63) is 12.2 Å². The maximum absolute atomic E-state index is 15.9. The van der Waals surface area contributed by atoms with Crippen molar-refractivity contribution in [2.24, 2.45) is 35.0 Å². The fourth-order valence-electron chi connectivity index (χ4n) is 18.3. The van der Waals surface area contributed by atoms with Crippen LogP contribution in [0.25, 0.3) is 0 Å². The van der Waals surface area contributed by atoms with Crippen LogP contribution in [0, 0.1) is 35.0 Å². The summed E-state index contributed by atoms with van der Waals surface area (Å²) in [6.07, 6.45) is -7.66. The third-order valence-corrected chi connectivity index (χ3v) is 25.2. The summed E-state index contributed by atoms with van der Waals surface area (Å²) in [6.45, 7) is 8.61. The number of hydrogen-bond acceptors (Lipinski definition) is 14. The molecular formula is C79H123F7N12O14. The zero-order chi connectivity index (χ0) is 83.0. The molecule has 0 aromatic heterocycles. The summed E-state index contributed by atoms with van der Waals surface area (Å²) in [6, 6.07) is -12.1. The minimum absolute atomic E-state index is 0.00540. The van der Waals surface area contributed by atoms with Crippen molar-refractivity contribution in [3.63, 3.8) is 0 Å². The number of carbonyl (C=O) groups is 12. The van der Waals surface area contributed by atoms with E-state index in [0.29, 0.717) is 44.9 Å².